The maximum atomic E-state index is 11.1. The number of benzene rings is 1. The summed E-state index contributed by atoms with van der Waals surface area (Å²) in [5, 5.41) is 8.84. The van der Waals surface area contributed by atoms with Crippen LogP contribution in [0.25, 0.3) is 0 Å². The number of carbonyl (C=O) groups excluding carboxylic acids is 1. The number of nitrogens with two attached hydrogens (primary N) is 2. The van der Waals surface area contributed by atoms with Crippen molar-refractivity contribution in [3.05, 3.63) is 47.7 Å². The molecule has 0 fully saturated rings. The number of hydrogen-bond acceptors (Lipinski definition) is 5. The Bertz CT molecular complexity index is 612. The van der Waals surface area contributed by atoms with Gasteiger partial charge in [-0.1, -0.05) is 12.1 Å². The quantitative estimate of drug-likeness (QED) is 0.755. The molecule has 6 heteroatoms. The number of hydrogen-bond donors (Lipinski definition) is 3. The first-order chi connectivity index (χ1) is 9.60. The Morgan fingerprint density at radius 1 is 1.20 bits per heavy atom. The maximum absolute atomic E-state index is 11.1. The topological polar surface area (TPSA) is 111 Å². The predicted octanol–water partition coefficient (Wildman–Crippen LogP) is 1.09. The Hall–Kier alpha value is -2.60. The number of primary amides is 1. The molecule has 2 rings (SSSR count). The summed E-state index contributed by atoms with van der Waals surface area (Å²) < 4.78 is 5.53. The van der Waals surface area contributed by atoms with Crippen LogP contribution < -0.4 is 16.2 Å². The second-order valence-electron chi connectivity index (χ2n) is 4.17. The molecule has 1 aromatic heterocycles. The van der Waals surface area contributed by atoms with Gasteiger partial charge in [0.1, 0.15) is 11.4 Å². The van der Waals surface area contributed by atoms with Crippen LogP contribution in [0, 0.1) is 0 Å². The molecule has 0 spiro atoms. The molecule has 1 heterocycles. The van der Waals surface area contributed by atoms with Gasteiger partial charge in [0.15, 0.2) is 0 Å². The van der Waals surface area contributed by atoms with Crippen LogP contribution >= 0.6 is 0 Å². The highest BCUT2D eigenvalue weighted by Crippen LogP contribution is 2.25. The first-order valence-electron chi connectivity index (χ1n) is 6.04. The summed E-state index contributed by atoms with van der Waals surface area (Å²) >= 11 is 0. The first-order valence-corrected chi connectivity index (χ1v) is 6.04. The van der Waals surface area contributed by atoms with E-state index in [2.05, 4.69) is 4.98 Å². The van der Waals surface area contributed by atoms with Crippen LogP contribution in [0.2, 0.25) is 0 Å². The van der Waals surface area contributed by atoms with Crippen molar-refractivity contribution in [2.24, 2.45) is 5.73 Å². The Kier molecular flexibility index (Phi) is 4.17. The van der Waals surface area contributed by atoms with E-state index in [0.29, 0.717) is 17.9 Å². The number of aromatic nitrogens is 1. The van der Waals surface area contributed by atoms with Crippen molar-refractivity contribution in [3.63, 3.8) is 0 Å². The molecule has 0 bridgehead atoms. The monoisotopic (exact) mass is 273 g/mol. The standard InChI is InChI=1S/C14H15N3O3/c15-11-5-6-12(13(16)19)17-14(11)20-10-3-1-9(2-4-10)7-8-18/h1-6,18H,7-8,15H2,(H2,16,19). The highest BCUT2D eigenvalue weighted by atomic mass is 16.5. The zero-order valence-corrected chi connectivity index (χ0v) is 10.7. The Balaban J connectivity index is 2.20. The van der Waals surface area contributed by atoms with Crippen LogP contribution in [-0.2, 0) is 6.42 Å². The summed E-state index contributed by atoms with van der Waals surface area (Å²) in [4.78, 5) is 15.0. The Labute approximate surface area is 116 Å². The van der Waals surface area contributed by atoms with Gasteiger partial charge in [-0.3, -0.25) is 4.79 Å². The summed E-state index contributed by atoms with van der Waals surface area (Å²) in [5.74, 6) is 0.0249. The van der Waals surface area contributed by atoms with E-state index in [0.717, 1.165) is 5.56 Å². The number of nitrogen functional groups attached to an aromatic ring is 1. The Morgan fingerprint density at radius 2 is 1.90 bits per heavy atom. The van der Waals surface area contributed by atoms with Crippen molar-refractivity contribution < 1.29 is 14.6 Å². The molecule has 2 aromatic rings. The van der Waals surface area contributed by atoms with E-state index in [1.807, 2.05) is 12.1 Å². The lowest BCUT2D eigenvalue weighted by molar-refractivity contribution is 0.0995. The SMILES string of the molecule is NC(=O)c1ccc(N)c(Oc2ccc(CCO)cc2)n1. The smallest absolute Gasteiger partial charge is 0.267 e. The number of nitrogens with zero attached hydrogens (tertiary/aromatic N) is 1. The van der Waals surface area contributed by atoms with Gasteiger partial charge >= 0.3 is 0 Å². The van der Waals surface area contributed by atoms with E-state index in [9.17, 15) is 4.79 Å². The molecule has 5 N–H and O–H groups in total. The molecule has 1 amide bonds. The summed E-state index contributed by atoms with van der Waals surface area (Å²) in [7, 11) is 0. The summed E-state index contributed by atoms with van der Waals surface area (Å²) in [6, 6.07) is 10.1. The van der Waals surface area contributed by atoms with Crippen molar-refractivity contribution in [3.8, 4) is 11.6 Å². The predicted molar refractivity (Wildman–Crippen MR) is 74.5 cm³/mol. The van der Waals surface area contributed by atoms with Gasteiger partial charge in [0, 0.05) is 6.61 Å². The van der Waals surface area contributed by atoms with Crippen LogP contribution in [0.1, 0.15) is 16.1 Å². The van der Waals surface area contributed by atoms with E-state index in [1.54, 1.807) is 12.1 Å². The fourth-order valence-corrected chi connectivity index (χ4v) is 1.64. The minimum absolute atomic E-state index is 0.0890. The molecule has 1 aromatic carbocycles. The number of rotatable bonds is 5. The van der Waals surface area contributed by atoms with E-state index in [-0.39, 0.29) is 18.2 Å². The van der Waals surface area contributed by atoms with Crippen LogP contribution in [0.5, 0.6) is 11.6 Å². The number of pyridine rings is 1. The second-order valence-corrected chi connectivity index (χ2v) is 4.17. The van der Waals surface area contributed by atoms with Crippen molar-refractivity contribution in [1.82, 2.24) is 4.98 Å². The second kappa shape index (κ2) is 6.03. The zero-order valence-electron chi connectivity index (χ0n) is 10.7. The van der Waals surface area contributed by atoms with E-state index in [4.69, 9.17) is 21.3 Å². The van der Waals surface area contributed by atoms with Gasteiger partial charge in [-0.05, 0) is 36.2 Å². The molecule has 0 radical (unpaired) electrons. The van der Waals surface area contributed by atoms with Gasteiger partial charge in [-0.15, -0.1) is 0 Å². The van der Waals surface area contributed by atoms with Crippen LogP contribution in [0.15, 0.2) is 36.4 Å². The molecule has 0 atom stereocenters. The minimum Gasteiger partial charge on any atom is -0.437 e. The average molecular weight is 273 g/mol. The van der Waals surface area contributed by atoms with Crippen molar-refractivity contribution >= 4 is 11.6 Å². The number of aliphatic hydroxyl groups is 1. The van der Waals surface area contributed by atoms with Gasteiger partial charge in [0.05, 0.1) is 5.69 Å². The lowest BCUT2D eigenvalue weighted by atomic mass is 10.1. The highest BCUT2D eigenvalue weighted by molar-refractivity contribution is 5.91. The number of aliphatic hydroxyl groups excluding tert-OH is 1. The highest BCUT2D eigenvalue weighted by Gasteiger charge is 2.09. The Morgan fingerprint density at radius 3 is 2.50 bits per heavy atom. The van der Waals surface area contributed by atoms with Gasteiger partial charge in [-0.2, -0.15) is 0 Å². The molecule has 0 saturated heterocycles. The third kappa shape index (κ3) is 3.24. The molecule has 0 aliphatic heterocycles. The molecule has 0 saturated carbocycles. The molecule has 6 nitrogen and oxygen atoms in total. The van der Waals surface area contributed by atoms with Gasteiger partial charge < -0.3 is 21.3 Å². The van der Waals surface area contributed by atoms with Crippen molar-refractivity contribution in [1.29, 1.82) is 0 Å². The third-order valence-electron chi connectivity index (χ3n) is 2.68. The molecular weight excluding hydrogens is 258 g/mol. The maximum Gasteiger partial charge on any atom is 0.267 e. The number of ether oxygens (including phenoxy) is 1. The van der Waals surface area contributed by atoms with Crippen molar-refractivity contribution in [2.45, 2.75) is 6.42 Å². The minimum atomic E-state index is -0.645. The number of anilines is 1. The van der Waals surface area contributed by atoms with Crippen molar-refractivity contribution in [2.75, 3.05) is 12.3 Å². The van der Waals surface area contributed by atoms with Gasteiger partial charge in [0.2, 0.25) is 5.88 Å². The normalized spacial score (nSPS) is 10.2. The van der Waals surface area contributed by atoms with Crippen LogP contribution in [-0.4, -0.2) is 22.6 Å². The molecule has 20 heavy (non-hydrogen) atoms. The largest absolute Gasteiger partial charge is 0.437 e. The summed E-state index contributed by atoms with van der Waals surface area (Å²) in [6.07, 6.45) is 0.581. The fourth-order valence-electron chi connectivity index (χ4n) is 1.64. The number of amides is 1. The number of carbonyl (C=O) groups is 1. The fraction of sp³-hybridized carbons (Fsp3) is 0.143. The molecule has 104 valence electrons. The van der Waals surface area contributed by atoms with E-state index >= 15 is 0 Å². The lowest BCUT2D eigenvalue weighted by Crippen LogP contribution is -2.13. The molecular formula is C14H15N3O3. The average Bonchev–Trinajstić information content (AvgIpc) is 2.43. The summed E-state index contributed by atoms with van der Waals surface area (Å²) in [5.41, 5.74) is 12.3. The third-order valence-corrected chi connectivity index (χ3v) is 2.68. The molecule has 0 aliphatic carbocycles. The molecule has 0 aliphatic rings. The lowest BCUT2D eigenvalue weighted by Gasteiger charge is -2.08. The summed E-state index contributed by atoms with van der Waals surface area (Å²) in [6.45, 7) is 0.0926. The first kappa shape index (κ1) is 13.8. The van der Waals surface area contributed by atoms with Crippen LogP contribution in [0.4, 0.5) is 5.69 Å². The van der Waals surface area contributed by atoms with Gasteiger partial charge in [-0.25, -0.2) is 4.98 Å². The van der Waals surface area contributed by atoms with Crippen LogP contribution in [0.3, 0.4) is 0 Å². The molecule has 0 unspecified atom stereocenters. The van der Waals surface area contributed by atoms with Gasteiger partial charge in [0.25, 0.3) is 5.91 Å². The zero-order chi connectivity index (χ0) is 14.5. The van der Waals surface area contributed by atoms with E-state index in [1.165, 1.54) is 12.1 Å². The van der Waals surface area contributed by atoms with E-state index < -0.39 is 5.91 Å².